The van der Waals surface area contributed by atoms with Crippen LogP contribution >= 0.6 is 0 Å². The molecule has 16 heavy (non-hydrogen) atoms. The second kappa shape index (κ2) is 5.00. The van der Waals surface area contributed by atoms with Crippen LogP contribution in [0, 0.1) is 0 Å². The monoisotopic (exact) mass is 251 g/mol. The highest BCUT2D eigenvalue weighted by molar-refractivity contribution is 7.91. The Hall–Kier alpha value is -0.170. The summed E-state index contributed by atoms with van der Waals surface area (Å²) in [5, 5.41) is 9.52. The topological polar surface area (TPSA) is 89.6 Å². The lowest BCUT2D eigenvalue weighted by molar-refractivity contribution is -0.0289. The zero-order valence-corrected chi connectivity index (χ0v) is 10.7. The standard InChI is InChI=1S/C10H21NO4S/c1-3-10(11,4-2)7-15-9-6-16(13,14)5-8(9)12/h8-9,12H,3-7,11H2,1-2H3. The fourth-order valence-corrected chi connectivity index (χ4v) is 3.37. The molecule has 0 aromatic rings. The number of aliphatic hydroxyl groups excluding tert-OH is 1. The molecule has 1 aliphatic heterocycles. The molecule has 0 bridgehead atoms. The summed E-state index contributed by atoms with van der Waals surface area (Å²) in [5.41, 5.74) is 5.61. The van der Waals surface area contributed by atoms with Crippen LogP contribution in [-0.2, 0) is 14.6 Å². The van der Waals surface area contributed by atoms with Gasteiger partial charge in [-0.3, -0.25) is 0 Å². The molecule has 1 rings (SSSR count). The Labute approximate surface area is 96.9 Å². The Bertz CT molecular complexity index is 324. The van der Waals surface area contributed by atoms with Gasteiger partial charge in [-0.2, -0.15) is 0 Å². The van der Waals surface area contributed by atoms with E-state index in [4.69, 9.17) is 10.5 Å². The summed E-state index contributed by atoms with van der Waals surface area (Å²) in [6.07, 6.45) is -0.00742. The third kappa shape index (κ3) is 3.41. The molecule has 0 amide bonds. The molecule has 96 valence electrons. The van der Waals surface area contributed by atoms with Gasteiger partial charge in [0.25, 0.3) is 0 Å². The van der Waals surface area contributed by atoms with Gasteiger partial charge in [0.15, 0.2) is 9.84 Å². The lowest BCUT2D eigenvalue weighted by Crippen LogP contribution is -2.45. The molecule has 1 saturated heterocycles. The van der Waals surface area contributed by atoms with Crippen molar-refractivity contribution in [2.24, 2.45) is 5.73 Å². The van der Waals surface area contributed by atoms with Gasteiger partial charge < -0.3 is 15.6 Å². The molecular formula is C10H21NO4S. The summed E-state index contributed by atoms with van der Waals surface area (Å²) in [6.45, 7) is 4.22. The average Bonchev–Trinajstić information content (AvgIpc) is 2.48. The van der Waals surface area contributed by atoms with Gasteiger partial charge in [-0.15, -0.1) is 0 Å². The lowest BCUT2D eigenvalue weighted by Gasteiger charge is -2.28. The van der Waals surface area contributed by atoms with Gasteiger partial charge in [-0.25, -0.2) is 8.42 Å². The van der Waals surface area contributed by atoms with Crippen LogP contribution in [0.4, 0.5) is 0 Å². The molecule has 1 heterocycles. The van der Waals surface area contributed by atoms with Gasteiger partial charge in [0.1, 0.15) is 0 Å². The van der Waals surface area contributed by atoms with Gasteiger partial charge >= 0.3 is 0 Å². The van der Waals surface area contributed by atoms with E-state index in [-0.39, 0.29) is 18.1 Å². The Balaban J connectivity index is 2.51. The predicted molar refractivity (Wildman–Crippen MR) is 61.9 cm³/mol. The van der Waals surface area contributed by atoms with Crippen molar-refractivity contribution in [1.82, 2.24) is 0 Å². The van der Waals surface area contributed by atoms with Crippen molar-refractivity contribution in [1.29, 1.82) is 0 Å². The molecule has 0 aromatic heterocycles. The van der Waals surface area contributed by atoms with Crippen LogP contribution in [-0.4, -0.2) is 49.4 Å². The average molecular weight is 251 g/mol. The van der Waals surface area contributed by atoms with Crippen LogP contribution in [0.15, 0.2) is 0 Å². The number of sulfone groups is 1. The Morgan fingerprint density at radius 1 is 1.38 bits per heavy atom. The van der Waals surface area contributed by atoms with Crippen LogP contribution < -0.4 is 5.73 Å². The molecule has 0 aliphatic carbocycles. The highest BCUT2D eigenvalue weighted by atomic mass is 32.2. The van der Waals surface area contributed by atoms with Crippen molar-refractivity contribution in [3.8, 4) is 0 Å². The number of hydrogen-bond acceptors (Lipinski definition) is 5. The molecule has 2 atom stereocenters. The normalized spacial score (nSPS) is 29.5. The fourth-order valence-electron chi connectivity index (χ4n) is 1.68. The first-order chi connectivity index (χ1) is 7.32. The molecule has 0 spiro atoms. The number of ether oxygens (including phenoxy) is 1. The summed E-state index contributed by atoms with van der Waals surface area (Å²) in [7, 11) is -3.14. The van der Waals surface area contributed by atoms with E-state index in [0.29, 0.717) is 0 Å². The molecule has 0 aromatic carbocycles. The maximum absolute atomic E-state index is 11.2. The highest BCUT2D eigenvalue weighted by Gasteiger charge is 2.38. The first-order valence-corrected chi connectivity index (χ1v) is 7.43. The van der Waals surface area contributed by atoms with E-state index in [0.717, 1.165) is 12.8 Å². The minimum Gasteiger partial charge on any atom is -0.389 e. The van der Waals surface area contributed by atoms with Crippen LogP contribution in [0.3, 0.4) is 0 Å². The second-order valence-corrected chi connectivity index (χ2v) is 6.72. The minimum absolute atomic E-state index is 0.0995. The van der Waals surface area contributed by atoms with Crippen LogP contribution in [0.5, 0.6) is 0 Å². The van der Waals surface area contributed by atoms with Crippen LogP contribution in [0.25, 0.3) is 0 Å². The Kier molecular flexibility index (Phi) is 4.34. The molecule has 0 saturated carbocycles. The number of rotatable bonds is 5. The third-order valence-corrected chi connectivity index (χ3v) is 4.95. The smallest absolute Gasteiger partial charge is 0.155 e. The van der Waals surface area contributed by atoms with Crippen molar-refractivity contribution in [3.63, 3.8) is 0 Å². The van der Waals surface area contributed by atoms with E-state index in [1.54, 1.807) is 0 Å². The highest BCUT2D eigenvalue weighted by Crippen LogP contribution is 2.19. The summed E-state index contributed by atoms with van der Waals surface area (Å²) in [4.78, 5) is 0. The van der Waals surface area contributed by atoms with Crippen molar-refractivity contribution >= 4 is 9.84 Å². The number of nitrogens with two attached hydrogens (primary N) is 1. The summed E-state index contributed by atoms with van der Waals surface area (Å²) in [5.74, 6) is -0.300. The van der Waals surface area contributed by atoms with E-state index in [2.05, 4.69) is 0 Å². The number of hydrogen-bond donors (Lipinski definition) is 2. The second-order valence-electron chi connectivity index (χ2n) is 4.56. The van der Waals surface area contributed by atoms with E-state index < -0.39 is 27.6 Å². The zero-order chi connectivity index (χ0) is 12.4. The van der Waals surface area contributed by atoms with Crippen LogP contribution in [0.1, 0.15) is 26.7 Å². The molecule has 1 aliphatic rings. The van der Waals surface area contributed by atoms with Crippen LogP contribution in [0.2, 0.25) is 0 Å². The van der Waals surface area contributed by atoms with E-state index >= 15 is 0 Å². The largest absolute Gasteiger partial charge is 0.389 e. The maximum Gasteiger partial charge on any atom is 0.155 e. The summed E-state index contributed by atoms with van der Waals surface area (Å²) < 4.78 is 27.9. The van der Waals surface area contributed by atoms with Crippen molar-refractivity contribution in [3.05, 3.63) is 0 Å². The first-order valence-electron chi connectivity index (χ1n) is 5.61. The van der Waals surface area contributed by atoms with E-state index in [1.807, 2.05) is 13.8 Å². The predicted octanol–water partition coefficient (Wildman–Crippen LogP) is -0.322. The Morgan fingerprint density at radius 2 is 1.94 bits per heavy atom. The van der Waals surface area contributed by atoms with E-state index in [9.17, 15) is 13.5 Å². The fraction of sp³-hybridized carbons (Fsp3) is 1.00. The van der Waals surface area contributed by atoms with Gasteiger partial charge in [0.2, 0.25) is 0 Å². The lowest BCUT2D eigenvalue weighted by atomic mass is 9.95. The molecule has 6 heteroatoms. The molecule has 1 fully saturated rings. The quantitative estimate of drug-likeness (QED) is 0.699. The Morgan fingerprint density at radius 3 is 2.31 bits per heavy atom. The minimum atomic E-state index is -3.14. The van der Waals surface area contributed by atoms with Gasteiger partial charge in [0, 0.05) is 5.54 Å². The molecule has 3 N–H and O–H groups in total. The molecule has 5 nitrogen and oxygen atoms in total. The SMILES string of the molecule is CCC(N)(CC)COC1CS(=O)(=O)CC1O. The van der Waals surface area contributed by atoms with Gasteiger partial charge in [-0.05, 0) is 12.8 Å². The summed E-state index contributed by atoms with van der Waals surface area (Å²) in [6, 6.07) is 0. The van der Waals surface area contributed by atoms with E-state index in [1.165, 1.54) is 0 Å². The van der Waals surface area contributed by atoms with Crippen molar-refractivity contribution < 1.29 is 18.3 Å². The molecular weight excluding hydrogens is 230 g/mol. The van der Waals surface area contributed by atoms with Gasteiger partial charge in [-0.1, -0.05) is 13.8 Å². The van der Waals surface area contributed by atoms with Gasteiger partial charge in [0.05, 0.1) is 30.3 Å². The first kappa shape index (κ1) is 13.9. The number of aliphatic hydroxyl groups is 1. The third-order valence-electron chi connectivity index (χ3n) is 3.27. The molecule has 0 radical (unpaired) electrons. The zero-order valence-electron chi connectivity index (χ0n) is 9.85. The maximum atomic E-state index is 11.2. The molecule has 2 unspecified atom stereocenters. The summed E-state index contributed by atoms with van der Waals surface area (Å²) >= 11 is 0. The van der Waals surface area contributed by atoms with Crippen molar-refractivity contribution in [2.45, 2.75) is 44.4 Å². The van der Waals surface area contributed by atoms with Crippen molar-refractivity contribution in [2.75, 3.05) is 18.1 Å².